The molecule has 1 saturated carbocycles. The van der Waals surface area contributed by atoms with Gasteiger partial charge in [-0.05, 0) is 30.5 Å². The van der Waals surface area contributed by atoms with Crippen molar-refractivity contribution in [1.82, 2.24) is 10.2 Å². The van der Waals surface area contributed by atoms with E-state index in [1.54, 1.807) is 12.1 Å². The minimum absolute atomic E-state index is 0. The van der Waals surface area contributed by atoms with Gasteiger partial charge in [0.2, 0.25) is 0 Å². The van der Waals surface area contributed by atoms with Crippen molar-refractivity contribution >= 4 is 36.4 Å². The van der Waals surface area contributed by atoms with E-state index in [0.29, 0.717) is 16.8 Å². The molecular formula is C15H23Cl3N2O. The molecule has 6 heteroatoms. The molecular weight excluding hydrogens is 331 g/mol. The largest absolute Gasteiger partial charge is 0.508 e. The summed E-state index contributed by atoms with van der Waals surface area (Å²) in [5, 5.41) is 14.3. The maximum Gasteiger partial charge on any atom is 0.120 e. The van der Waals surface area contributed by atoms with Gasteiger partial charge in [0.05, 0.1) is 0 Å². The van der Waals surface area contributed by atoms with Crippen LogP contribution in [0.5, 0.6) is 5.75 Å². The average Bonchev–Trinajstić information content (AvgIpc) is 3.24. The van der Waals surface area contributed by atoms with Crippen molar-refractivity contribution in [2.45, 2.75) is 25.3 Å². The number of aromatic hydroxyl groups is 1. The van der Waals surface area contributed by atoms with Crippen molar-refractivity contribution in [2.24, 2.45) is 5.92 Å². The number of nitrogens with zero attached hydrogens (tertiary/aromatic N) is 1. The van der Waals surface area contributed by atoms with E-state index in [1.807, 2.05) is 6.07 Å². The number of benzene rings is 1. The molecule has 0 amide bonds. The number of phenolic OH excluding ortho intramolecular Hbond substituents is 1. The van der Waals surface area contributed by atoms with E-state index in [1.165, 1.54) is 12.8 Å². The van der Waals surface area contributed by atoms with Crippen LogP contribution in [-0.4, -0.2) is 36.2 Å². The zero-order valence-electron chi connectivity index (χ0n) is 11.9. The number of halogens is 3. The first-order chi connectivity index (χ1) is 9.24. The Morgan fingerprint density at radius 1 is 1.24 bits per heavy atom. The molecule has 1 heterocycles. The highest BCUT2D eigenvalue weighted by Crippen LogP contribution is 2.42. The summed E-state index contributed by atoms with van der Waals surface area (Å²) in [6.45, 7) is 4.15. The van der Waals surface area contributed by atoms with E-state index in [-0.39, 0.29) is 24.8 Å². The zero-order valence-corrected chi connectivity index (χ0v) is 14.3. The Labute approximate surface area is 143 Å². The summed E-state index contributed by atoms with van der Waals surface area (Å²) in [6.07, 6.45) is 3.82. The van der Waals surface area contributed by atoms with Crippen LogP contribution >= 0.6 is 36.4 Å². The fourth-order valence-corrected chi connectivity index (χ4v) is 3.11. The standard InChI is InChI=1S/C15H21ClN2O.2ClH/c16-12-3-4-15(19)13(10-12)14(9-11-1-2-11)18-7-5-17-6-8-18;;/h3-4,10-11,14,17,19H,1-2,5-9H2;2*1H/t14-;;/m1../s1. The Morgan fingerprint density at radius 3 is 2.52 bits per heavy atom. The van der Waals surface area contributed by atoms with Crippen LogP contribution < -0.4 is 5.32 Å². The molecule has 0 unspecified atom stereocenters. The van der Waals surface area contributed by atoms with Gasteiger partial charge in [0.15, 0.2) is 0 Å². The molecule has 0 bridgehead atoms. The second-order valence-corrected chi connectivity index (χ2v) is 6.12. The highest BCUT2D eigenvalue weighted by atomic mass is 35.5. The smallest absolute Gasteiger partial charge is 0.120 e. The summed E-state index contributed by atoms with van der Waals surface area (Å²) in [6, 6.07) is 5.73. The Bertz CT molecular complexity index is 449. The third kappa shape index (κ3) is 4.90. The fraction of sp³-hybridized carbons (Fsp3) is 0.600. The summed E-state index contributed by atoms with van der Waals surface area (Å²) in [5.74, 6) is 1.21. The van der Waals surface area contributed by atoms with Crippen molar-refractivity contribution in [3.05, 3.63) is 28.8 Å². The minimum atomic E-state index is 0. The SMILES string of the molecule is Cl.Cl.Oc1ccc(Cl)cc1[C@@H](CC1CC1)N1CCNCC1. The van der Waals surface area contributed by atoms with Crippen LogP contribution in [0.1, 0.15) is 30.9 Å². The molecule has 3 nitrogen and oxygen atoms in total. The van der Waals surface area contributed by atoms with Crippen molar-refractivity contribution in [2.75, 3.05) is 26.2 Å². The lowest BCUT2D eigenvalue weighted by Gasteiger charge is -2.35. The molecule has 1 atom stereocenters. The molecule has 1 aromatic rings. The Hall–Kier alpha value is -0.190. The van der Waals surface area contributed by atoms with Gasteiger partial charge in [0.25, 0.3) is 0 Å². The maximum atomic E-state index is 10.2. The summed E-state index contributed by atoms with van der Waals surface area (Å²) < 4.78 is 0. The molecule has 1 saturated heterocycles. The molecule has 3 rings (SSSR count). The summed E-state index contributed by atoms with van der Waals surface area (Å²) in [5.41, 5.74) is 1.00. The van der Waals surface area contributed by atoms with Crippen LogP contribution in [0.15, 0.2) is 18.2 Å². The second-order valence-electron chi connectivity index (χ2n) is 5.68. The lowest BCUT2D eigenvalue weighted by Crippen LogP contribution is -2.45. The van der Waals surface area contributed by atoms with Crippen molar-refractivity contribution in [3.63, 3.8) is 0 Å². The van der Waals surface area contributed by atoms with Crippen LogP contribution in [0.2, 0.25) is 5.02 Å². The number of rotatable bonds is 4. The summed E-state index contributed by atoms with van der Waals surface area (Å²) in [4.78, 5) is 2.49. The van der Waals surface area contributed by atoms with Gasteiger partial charge < -0.3 is 10.4 Å². The van der Waals surface area contributed by atoms with E-state index < -0.39 is 0 Å². The number of nitrogens with one attached hydrogen (secondary N) is 1. The summed E-state index contributed by atoms with van der Waals surface area (Å²) >= 11 is 6.11. The van der Waals surface area contributed by atoms with Crippen LogP contribution in [0.3, 0.4) is 0 Å². The number of hydrogen-bond donors (Lipinski definition) is 2. The third-order valence-corrected chi connectivity index (χ3v) is 4.43. The predicted molar refractivity (Wildman–Crippen MR) is 92.1 cm³/mol. The van der Waals surface area contributed by atoms with Crippen LogP contribution in [0.4, 0.5) is 0 Å². The third-order valence-electron chi connectivity index (χ3n) is 4.19. The Kier molecular flexibility index (Phi) is 7.58. The van der Waals surface area contributed by atoms with E-state index in [4.69, 9.17) is 11.6 Å². The van der Waals surface area contributed by atoms with E-state index in [9.17, 15) is 5.11 Å². The molecule has 2 aliphatic rings. The van der Waals surface area contributed by atoms with Gasteiger partial charge in [-0.25, -0.2) is 0 Å². The van der Waals surface area contributed by atoms with Crippen molar-refractivity contribution in [1.29, 1.82) is 0 Å². The van der Waals surface area contributed by atoms with Crippen LogP contribution in [-0.2, 0) is 0 Å². The first kappa shape index (κ1) is 18.9. The van der Waals surface area contributed by atoms with Gasteiger partial charge in [0.1, 0.15) is 5.75 Å². The molecule has 120 valence electrons. The quantitative estimate of drug-likeness (QED) is 0.867. The monoisotopic (exact) mass is 352 g/mol. The summed E-state index contributed by atoms with van der Waals surface area (Å²) in [7, 11) is 0. The van der Waals surface area contributed by atoms with E-state index >= 15 is 0 Å². The van der Waals surface area contributed by atoms with E-state index in [0.717, 1.165) is 44.1 Å². The molecule has 2 N–H and O–H groups in total. The van der Waals surface area contributed by atoms with Crippen LogP contribution in [0.25, 0.3) is 0 Å². The second kappa shape index (κ2) is 8.44. The highest BCUT2D eigenvalue weighted by Gasteiger charge is 2.31. The topological polar surface area (TPSA) is 35.5 Å². The Balaban J connectivity index is 0.00000110. The minimum Gasteiger partial charge on any atom is -0.508 e. The molecule has 21 heavy (non-hydrogen) atoms. The average molecular weight is 354 g/mol. The first-order valence-corrected chi connectivity index (χ1v) is 7.55. The van der Waals surface area contributed by atoms with Gasteiger partial charge in [-0.15, -0.1) is 24.8 Å². The van der Waals surface area contributed by atoms with Gasteiger partial charge in [-0.1, -0.05) is 24.4 Å². The van der Waals surface area contributed by atoms with Crippen LogP contribution in [0, 0.1) is 5.92 Å². The van der Waals surface area contributed by atoms with Crippen molar-refractivity contribution in [3.8, 4) is 5.75 Å². The fourth-order valence-electron chi connectivity index (χ4n) is 2.93. The van der Waals surface area contributed by atoms with Gasteiger partial charge in [-0.3, -0.25) is 4.90 Å². The lowest BCUT2D eigenvalue weighted by atomic mass is 9.98. The number of hydrogen-bond acceptors (Lipinski definition) is 3. The van der Waals surface area contributed by atoms with Crippen molar-refractivity contribution < 1.29 is 5.11 Å². The number of piperazine rings is 1. The molecule has 1 aromatic carbocycles. The normalized spacial score (nSPS) is 20.2. The lowest BCUT2D eigenvalue weighted by molar-refractivity contribution is 0.158. The predicted octanol–water partition coefficient (Wildman–Crippen LogP) is 3.64. The molecule has 1 aliphatic carbocycles. The van der Waals surface area contributed by atoms with E-state index in [2.05, 4.69) is 10.2 Å². The zero-order chi connectivity index (χ0) is 13.2. The van der Waals surface area contributed by atoms with Gasteiger partial charge in [0, 0.05) is 42.8 Å². The first-order valence-electron chi connectivity index (χ1n) is 7.17. The molecule has 1 aliphatic heterocycles. The molecule has 0 radical (unpaired) electrons. The molecule has 0 aromatic heterocycles. The number of phenols is 1. The Morgan fingerprint density at radius 2 is 1.90 bits per heavy atom. The van der Waals surface area contributed by atoms with Gasteiger partial charge in [-0.2, -0.15) is 0 Å². The highest BCUT2D eigenvalue weighted by molar-refractivity contribution is 6.30. The van der Waals surface area contributed by atoms with Gasteiger partial charge >= 0.3 is 0 Å². The molecule has 0 spiro atoms. The molecule has 2 fully saturated rings. The maximum absolute atomic E-state index is 10.2.